The third-order valence-electron chi connectivity index (χ3n) is 4.67. The van der Waals surface area contributed by atoms with Crippen LogP contribution in [-0.4, -0.2) is 10.8 Å². The van der Waals surface area contributed by atoms with E-state index >= 15 is 0 Å². The molecule has 0 saturated carbocycles. The number of carbonyl (C=O) groups excluding carboxylic acids is 1. The van der Waals surface area contributed by atoms with Crippen molar-refractivity contribution in [2.75, 3.05) is 0 Å². The van der Waals surface area contributed by atoms with Crippen LogP contribution in [-0.2, 0) is 6.42 Å². The molecule has 110 valence electrons. The highest BCUT2D eigenvalue weighted by atomic mass is 16.1. The molecule has 2 nitrogen and oxygen atoms in total. The van der Waals surface area contributed by atoms with E-state index < -0.39 is 0 Å². The van der Waals surface area contributed by atoms with Crippen LogP contribution in [0.5, 0.6) is 0 Å². The second kappa shape index (κ2) is 5.97. The number of fused-ring (bicyclic) bond motifs is 1. The van der Waals surface area contributed by atoms with E-state index in [1.807, 2.05) is 12.1 Å². The van der Waals surface area contributed by atoms with Gasteiger partial charge in [0.1, 0.15) is 0 Å². The quantitative estimate of drug-likeness (QED) is 0.809. The zero-order chi connectivity index (χ0) is 14.8. The molecular formula is C19H23NO. The van der Waals surface area contributed by atoms with E-state index in [0.717, 1.165) is 49.1 Å². The fraction of sp³-hybridized carbons (Fsp3) is 0.474. The normalized spacial score (nSPS) is 24.7. The third-order valence-corrected chi connectivity index (χ3v) is 4.67. The lowest BCUT2D eigenvalue weighted by Crippen LogP contribution is -2.25. The predicted molar refractivity (Wildman–Crippen MR) is 85.5 cm³/mol. The number of pyridine rings is 1. The summed E-state index contributed by atoms with van der Waals surface area (Å²) < 4.78 is 0. The minimum absolute atomic E-state index is 0.184. The first-order valence-electron chi connectivity index (χ1n) is 8.08. The van der Waals surface area contributed by atoms with Crippen LogP contribution < -0.4 is 0 Å². The lowest BCUT2D eigenvalue weighted by Gasteiger charge is -2.27. The Kier molecular flexibility index (Phi) is 4.05. The largest absolute Gasteiger partial charge is 0.294 e. The Morgan fingerprint density at radius 2 is 2.14 bits per heavy atom. The molecule has 2 aliphatic carbocycles. The van der Waals surface area contributed by atoms with E-state index in [-0.39, 0.29) is 5.92 Å². The molecule has 2 unspecified atom stereocenters. The number of rotatable bonds is 3. The smallest absolute Gasteiger partial charge is 0.167 e. The maximum Gasteiger partial charge on any atom is 0.167 e. The van der Waals surface area contributed by atoms with Crippen LogP contribution in [0.15, 0.2) is 35.9 Å². The Morgan fingerprint density at radius 1 is 1.29 bits per heavy atom. The van der Waals surface area contributed by atoms with E-state index in [0.29, 0.717) is 11.7 Å². The van der Waals surface area contributed by atoms with Crippen LogP contribution in [0.4, 0.5) is 0 Å². The molecule has 1 heterocycles. The van der Waals surface area contributed by atoms with Gasteiger partial charge in [0.25, 0.3) is 0 Å². The zero-order valence-electron chi connectivity index (χ0n) is 12.9. The van der Waals surface area contributed by atoms with E-state index in [9.17, 15) is 4.79 Å². The first-order chi connectivity index (χ1) is 10.2. The van der Waals surface area contributed by atoms with Crippen LogP contribution in [0.25, 0.3) is 0 Å². The maximum absolute atomic E-state index is 12.4. The van der Waals surface area contributed by atoms with Crippen molar-refractivity contribution in [1.29, 1.82) is 0 Å². The molecule has 21 heavy (non-hydrogen) atoms. The Hall–Kier alpha value is -1.70. The lowest BCUT2D eigenvalue weighted by molar-refractivity contribution is 0.0889. The maximum atomic E-state index is 12.4. The molecule has 1 aromatic heterocycles. The number of hydrogen-bond acceptors (Lipinski definition) is 2. The van der Waals surface area contributed by atoms with Crippen molar-refractivity contribution in [1.82, 2.24) is 4.98 Å². The number of carbonyl (C=O) groups is 1. The van der Waals surface area contributed by atoms with Gasteiger partial charge in [-0.05, 0) is 49.3 Å². The molecule has 2 atom stereocenters. The number of aromatic nitrogens is 1. The number of nitrogens with zero attached hydrogens (tertiary/aromatic N) is 1. The fourth-order valence-corrected chi connectivity index (χ4v) is 3.42. The number of Topliss-reactive ketones (excluding diaryl/α,β-unsaturated/α-hetero) is 1. The van der Waals surface area contributed by atoms with E-state index in [4.69, 9.17) is 4.98 Å². The van der Waals surface area contributed by atoms with Crippen molar-refractivity contribution >= 4 is 5.78 Å². The zero-order valence-corrected chi connectivity index (χ0v) is 12.9. The van der Waals surface area contributed by atoms with Crippen LogP contribution in [0.3, 0.4) is 0 Å². The van der Waals surface area contributed by atoms with Crippen molar-refractivity contribution in [2.24, 2.45) is 5.92 Å². The lowest BCUT2D eigenvalue weighted by atomic mass is 9.78. The minimum Gasteiger partial charge on any atom is -0.294 e. The Bertz CT molecular complexity index is 612. The highest BCUT2D eigenvalue weighted by molar-refractivity contribution is 6.00. The van der Waals surface area contributed by atoms with E-state index in [1.165, 1.54) is 5.57 Å². The van der Waals surface area contributed by atoms with Crippen LogP contribution in [0.2, 0.25) is 0 Å². The molecule has 0 saturated heterocycles. The molecule has 0 amide bonds. The van der Waals surface area contributed by atoms with Gasteiger partial charge in [0.2, 0.25) is 0 Å². The van der Waals surface area contributed by atoms with Crippen molar-refractivity contribution in [3.05, 3.63) is 52.9 Å². The minimum atomic E-state index is 0.184. The van der Waals surface area contributed by atoms with Gasteiger partial charge in [-0.15, -0.1) is 0 Å². The summed E-state index contributed by atoms with van der Waals surface area (Å²) in [5.74, 6) is 0.865. The van der Waals surface area contributed by atoms with Gasteiger partial charge in [-0.1, -0.05) is 32.1 Å². The van der Waals surface area contributed by atoms with Crippen molar-refractivity contribution in [3.63, 3.8) is 0 Å². The molecule has 1 aromatic rings. The monoisotopic (exact) mass is 281 g/mol. The molecule has 2 heteroatoms. The van der Waals surface area contributed by atoms with Crippen LogP contribution in [0, 0.1) is 5.92 Å². The Balaban J connectivity index is 1.87. The summed E-state index contributed by atoms with van der Waals surface area (Å²) in [7, 11) is 0. The molecule has 0 spiro atoms. The third kappa shape index (κ3) is 2.85. The van der Waals surface area contributed by atoms with Gasteiger partial charge in [-0.3, -0.25) is 9.78 Å². The highest BCUT2D eigenvalue weighted by Gasteiger charge is 2.31. The standard InChI is InChI=1S/C19H23NO/c1-3-15-11-13(2)18-17(19(15)21)10-9-16(20-18)12-14-7-5-4-6-8-14/h5,7-10,13,15H,3-4,6,11-12H2,1-2H3. The molecule has 0 fully saturated rings. The molecular weight excluding hydrogens is 258 g/mol. The second-order valence-electron chi connectivity index (χ2n) is 6.28. The Labute approximate surface area is 127 Å². The molecule has 0 radical (unpaired) electrons. The summed E-state index contributed by atoms with van der Waals surface area (Å²) in [6, 6.07) is 4.04. The first-order valence-corrected chi connectivity index (χ1v) is 8.08. The summed E-state index contributed by atoms with van der Waals surface area (Å²) in [6.07, 6.45) is 11.8. The molecule has 2 aliphatic rings. The van der Waals surface area contributed by atoms with Gasteiger partial charge >= 0.3 is 0 Å². The average Bonchev–Trinajstić information content (AvgIpc) is 2.52. The first kappa shape index (κ1) is 14.2. The SMILES string of the molecule is CCC1CC(C)c2nc(CC3=CCCC=C3)ccc2C1=O. The highest BCUT2D eigenvalue weighted by Crippen LogP contribution is 2.35. The number of ketones is 1. The molecule has 0 N–H and O–H groups in total. The predicted octanol–water partition coefficient (Wildman–Crippen LogP) is 4.62. The van der Waals surface area contributed by atoms with E-state index in [1.54, 1.807) is 0 Å². The molecule has 0 aliphatic heterocycles. The van der Waals surface area contributed by atoms with Gasteiger partial charge in [0.15, 0.2) is 5.78 Å². The van der Waals surface area contributed by atoms with Crippen LogP contribution in [0.1, 0.15) is 67.2 Å². The van der Waals surface area contributed by atoms with Crippen LogP contribution >= 0.6 is 0 Å². The second-order valence-corrected chi connectivity index (χ2v) is 6.28. The van der Waals surface area contributed by atoms with Gasteiger partial charge < -0.3 is 0 Å². The van der Waals surface area contributed by atoms with Gasteiger partial charge in [-0.25, -0.2) is 0 Å². The van der Waals surface area contributed by atoms with Gasteiger partial charge in [0.05, 0.1) is 5.69 Å². The summed E-state index contributed by atoms with van der Waals surface area (Å²) in [5.41, 5.74) is 4.30. The topological polar surface area (TPSA) is 30.0 Å². The molecule has 0 aromatic carbocycles. The fourth-order valence-electron chi connectivity index (χ4n) is 3.42. The van der Waals surface area contributed by atoms with E-state index in [2.05, 4.69) is 32.1 Å². The molecule has 3 rings (SSSR count). The van der Waals surface area contributed by atoms with Gasteiger partial charge in [-0.2, -0.15) is 0 Å². The number of allylic oxidation sites excluding steroid dienone is 4. The number of hydrogen-bond donors (Lipinski definition) is 0. The summed E-state index contributed by atoms with van der Waals surface area (Å²) >= 11 is 0. The van der Waals surface area contributed by atoms with Gasteiger partial charge in [0, 0.05) is 23.6 Å². The van der Waals surface area contributed by atoms with Crippen molar-refractivity contribution in [3.8, 4) is 0 Å². The Morgan fingerprint density at radius 3 is 2.86 bits per heavy atom. The summed E-state index contributed by atoms with van der Waals surface area (Å²) in [6.45, 7) is 4.30. The van der Waals surface area contributed by atoms with Crippen molar-refractivity contribution in [2.45, 2.75) is 51.9 Å². The van der Waals surface area contributed by atoms with Crippen molar-refractivity contribution < 1.29 is 4.79 Å². The average molecular weight is 281 g/mol. The molecule has 0 bridgehead atoms. The summed E-state index contributed by atoms with van der Waals surface area (Å²) in [4.78, 5) is 17.2. The summed E-state index contributed by atoms with van der Waals surface area (Å²) in [5, 5.41) is 0.